The molecule has 1 atom stereocenters. The maximum Gasteiger partial charge on any atom is 0.243 e. The lowest BCUT2D eigenvalue weighted by molar-refractivity contribution is 0.171. The molecular formula is C13H20N4O. The van der Waals surface area contributed by atoms with E-state index in [0.29, 0.717) is 18.5 Å². The summed E-state index contributed by atoms with van der Waals surface area (Å²) >= 11 is 0. The third-order valence-electron chi connectivity index (χ3n) is 2.96. The Morgan fingerprint density at radius 2 is 2.22 bits per heavy atom. The van der Waals surface area contributed by atoms with Crippen LogP contribution in [0.15, 0.2) is 18.3 Å². The molecule has 98 valence electrons. The van der Waals surface area contributed by atoms with Gasteiger partial charge in [-0.1, -0.05) is 13.8 Å². The van der Waals surface area contributed by atoms with Gasteiger partial charge in [-0.2, -0.15) is 4.98 Å². The van der Waals surface area contributed by atoms with Crippen molar-refractivity contribution in [2.45, 2.75) is 26.8 Å². The Balaban J connectivity index is 2.20. The quantitative estimate of drug-likeness (QED) is 0.880. The van der Waals surface area contributed by atoms with Gasteiger partial charge in [-0.25, -0.2) is 4.52 Å². The van der Waals surface area contributed by atoms with E-state index in [-0.39, 0.29) is 6.04 Å². The van der Waals surface area contributed by atoms with E-state index in [1.165, 1.54) is 5.56 Å². The van der Waals surface area contributed by atoms with Crippen LogP contribution in [0.25, 0.3) is 5.65 Å². The zero-order chi connectivity index (χ0) is 13.1. The van der Waals surface area contributed by atoms with Gasteiger partial charge in [0, 0.05) is 13.3 Å². The van der Waals surface area contributed by atoms with Crippen LogP contribution in [0.4, 0.5) is 5.95 Å². The molecule has 0 spiro atoms. The number of pyridine rings is 1. The second-order valence-corrected chi connectivity index (χ2v) is 4.89. The number of hydrogen-bond acceptors (Lipinski definition) is 4. The molecule has 2 rings (SSSR count). The summed E-state index contributed by atoms with van der Waals surface area (Å²) in [4.78, 5) is 4.46. The van der Waals surface area contributed by atoms with Gasteiger partial charge in [0.2, 0.25) is 5.95 Å². The first kappa shape index (κ1) is 12.8. The number of hydrogen-bond donors (Lipinski definition) is 1. The van der Waals surface area contributed by atoms with Gasteiger partial charge in [-0.05, 0) is 30.5 Å². The Hall–Kier alpha value is -1.62. The second-order valence-electron chi connectivity index (χ2n) is 4.89. The number of rotatable bonds is 5. The average molecular weight is 248 g/mol. The molecule has 0 saturated carbocycles. The van der Waals surface area contributed by atoms with Crippen LogP contribution in [-0.4, -0.2) is 34.4 Å². The van der Waals surface area contributed by atoms with Crippen LogP contribution in [0, 0.1) is 12.8 Å². The fourth-order valence-corrected chi connectivity index (χ4v) is 1.79. The van der Waals surface area contributed by atoms with Crippen LogP contribution < -0.4 is 5.32 Å². The smallest absolute Gasteiger partial charge is 0.243 e. The average Bonchev–Trinajstić information content (AvgIpc) is 2.69. The number of nitrogens with zero attached hydrogens (tertiary/aromatic N) is 3. The highest BCUT2D eigenvalue weighted by atomic mass is 16.5. The Morgan fingerprint density at radius 3 is 2.89 bits per heavy atom. The lowest BCUT2D eigenvalue weighted by Gasteiger charge is -2.20. The van der Waals surface area contributed by atoms with Crippen molar-refractivity contribution in [3.8, 4) is 0 Å². The molecule has 0 aliphatic carbocycles. The second kappa shape index (κ2) is 5.35. The molecule has 18 heavy (non-hydrogen) atoms. The number of anilines is 1. The first-order valence-corrected chi connectivity index (χ1v) is 6.18. The van der Waals surface area contributed by atoms with Crippen LogP contribution in [0.5, 0.6) is 0 Å². The van der Waals surface area contributed by atoms with E-state index in [4.69, 9.17) is 4.74 Å². The van der Waals surface area contributed by atoms with Crippen molar-refractivity contribution in [3.05, 3.63) is 23.9 Å². The summed E-state index contributed by atoms with van der Waals surface area (Å²) in [6, 6.07) is 4.24. The van der Waals surface area contributed by atoms with E-state index in [2.05, 4.69) is 29.2 Å². The van der Waals surface area contributed by atoms with Crippen molar-refractivity contribution in [1.29, 1.82) is 0 Å². The van der Waals surface area contributed by atoms with Gasteiger partial charge in [0.1, 0.15) is 0 Å². The third kappa shape index (κ3) is 2.79. The van der Waals surface area contributed by atoms with E-state index in [1.54, 1.807) is 11.6 Å². The standard InChI is InChI=1S/C13H20N4O/c1-9(2)11(8-18-4)14-13-15-12-7-10(3)5-6-17(12)16-13/h5-7,9,11H,8H2,1-4H3,(H,14,16). The number of aryl methyl sites for hydroxylation is 1. The van der Waals surface area contributed by atoms with Gasteiger partial charge in [-0.15, -0.1) is 5.10 Å². The minimum absolute atomic E-state index is 0.216. The molecule has 0 aliphatic heterocycles. The number of ether oxygens (including phenoxy) is 1. The molecule has 0 bridgehead atoms. The molecule has 0 radical (unpaired) electrons. The fourth-order valence-electron chi connectivity index (χ4n) is 1.79. The highest BCUT2D eigenvalue weighted by molar-refractivity contribution is 5.45. The predicted molar refractivity (Wildman–Crippen MR) is 71.8 cm³/mol. The molecule has 5 nitrogen and oxygen atoms in total. The maximum atomic E-state index is 5.21. The first-order valence-electron chi connectivity index (χ1n) is 6.18. The monoisotopic (exact) mass is 248 g/mol. The minimum atomic E-state index is 0.216. The zero-order valence-corrected chi connectivity index (χ0v) is 11.3. The van der Waals surface area contributed by atoms with E-state index in [0.717, 1.165) is 5.65 Å². The van der Waals surface area contributed by atoms with Gasteiger partial charge >= 0.3 is 0 Å². The number of methoxy groups -OCH3 is 1. The van der Waals surface area contributed by atoms with Crippen LogP contribution in [-0.2, 0) is 4.74 Å². The van der Waals surface area contributed by atoms with E-state index in [9.17, 15) is 0 Å². The van der Waals surface area contributed by atoms with Crippen molar-refractivity contribution >= 4 is 11.6 Å². The summed E-state index contributed by atoms with van der Waals surface area (Å²) in [5.74, 6) is 1.11. The SMILES string of the molecule is COCC(Nc1nc2cc(C)ccn2n1)C(C)C. The van der Waals surface area contributed by atoms with Crippen molar-refractivity contribution in [1.82, 2.24) is 14.6 Å². The van der Waals surface area contributed by atoms with Crippen LogP contribution in [0.1, 0.15) is 19.4 Å². The Kier molecular flexibility index (Phi) is 3.81. The van der Waals surface area contributed by atoms with E-state index >= 15 is 0 Å². The number of fused-ring (bicyclic) bond motifs is 1. The van der Waals surface area contributed by atoms with Crippen molar-refractivity contribution < 1.29 is 4.74 Å². The van der Waals surface area contributed by atoms with Crippen LogP contribution >= 0.6 is 0 Å². The highest BCUT2D eigenvalue weighted by Crippen LogP contribution is 2.12. The number of aromatic nitrogens is 3. The van der Waals surface area contributed by atoms with Crippen LogP contribution in [0.2, 0.25) is 0 Å². The summed E-state index contributed by atoms with van der Waals surface area (Å²) in [5.41, 5.74) is 2.04. The summed E-state index contributed by atoms with van der Waals surface area (Å²) in [5, 5.41) is 7.72. The maximum absolute atomic E-state index is 5.21. The van der Waals surface area contributed by atoms with Gasteiger partial charge < -0.3 is 10.1 Å². The minimum Gasteiger partial charge on any atom is -0.383 e. The lowest BCUT2D eigenvalue weighted by atomic mass is 10.1. The summed E-state index contributed by atoms with van der Waals surface area (Å²) < 4.78 is 6.98. The molecule has 1 unspecified atom stereocenters. The molecule has 5 heteroatoms. The molecule has 0 aromatic carbocycles. The third-order valence-corrected chi connectivity index (χ3v) is 2.96. The molecule has 0 fully saturated rings. The molecule has 0 saturated heterocycles. The lowest BCUT2D eigenvalue weighted by Crippen LogP contribution is -2.30. The molecule has 1 N–H and O–H groups in total. The van der Waals surface area contributed by atoms with Crippen molar-refractivity contribution in [2.75, 3.05) is 19.0 Å². The van der Waals surface area contributed by atoms with Gasteiger partial charge in [0.05, 0.1) is 12.6 Å². The fraction of sp³-hybridized carbons (Fsp3) is 0.538. The molecule has 0 aliphatic rings. The summed E-state index contributed by atoms with van der Waals surface area (Å²) in [6.45, 7) is 6.99. The van der Waals surface area contributed by atoms with Crippen molar-refractivity contribution in [2.24, 2.45) is 5.92 Å². The normalized spacial score (nSPS) is 13.2. The Morgan fingerprint density at radius 1 is 1.44 bits per heavy atom. The van der Waals surface area contributed by atoms with Gasteiger partial charge in [0.25, 0.3) is 0 Å². The number of nitrogens with one attached hydrogen (secondary N) is 1. The molecular weight excluding hydrogens is 228 g/mol. The summed E-state index contributed by atoms with van der Waals surface area (Å²) in [7, 11) is 1.71. The van der Waals surface area contributed by atoms with Crippen molar-refractivity contribution in [3.63, 3.8) is 0 Å². The molecule has 2 aromatic heterocycles. The first-order chi connectivity index (χ1) is 8.60. The molecule has 2 aromatic rings. The van der Waals surface area contributed by atoms with E-state index in [1.807, 2.05) is 25.3 Å². The predicted octanol–water partition coefficient (Wildman–Crippen LogP) is 2.12. The molecule has 2 heterocycles. The van der Waals surface area contributed by atoms with Gasteiger partial charge in [-0.3, -0.25) is 0 Å². The largest absolute Gasteiger partial charge is 0.383 e. The van der Waals surface area contributed by atoms with Crippen LogP contribution in [0.3, 0.4) is 0 Å². The molecule has 0 amide bonds. The Labute approximate surface area is 107 Å². The van der Waals surface area contributed by atoms with E-state index < -0.39 is 0 Å². The summed E-state index contributed by atoms with van der Waals surface area (Å²) in [6.07, 6.45) is 1.92. The highest BCUT2D eigenvalue weighted by Gasteiger charge is 2.15. The topological polar surface area (TPSA) is 51.5 Å². The van der Waals surface area contributed by atoms with Gasteiger partial charge in [0.15, 0.2) is 5.65 Å². The zero-order valence-electron chi connectivity index (χ0n) is 11.3. The Bertz CT molecular complexity index is 521.